The molecule has 5 nitrogen and oxygen atoms in total. The molecule has 4 saturated carbocycles. The van der Waals surface area contributed by atoms with Crippen LogP contribution in [0.3, 0.4) is 0 Å². The van der Waals surface area contributed by atoms with Crippen LogP contribution in [0, 0.1) is 46.3 Å². The van der Waals surface area contributed by atoms with Crippen LogP contribution in [0.25, 0.3) is 0 Å². The summed E-state index contributed by atoms with van der Waals surface area (Å²) in [4.78, 5) is 25.2. The van der Waals surface area contributed by atoms with Gasteiger partial charge in [-0.3, -0.25) is 0 Å². The summed E-state index contributed by atoms with van der Waals surface area (Å²) < 4.78 is 18.8. The number of fused-ring (bicyclic) bond motifs is 5. The highest BCUT2D eigenvalue weighted by Gasteiger charge is 2.65. The normalized spacial score (nSPS) is 43.8. The van der Waals surface area contributed by atoms with E-state index in [2.05, 4.69) is 20.8 Å². The van der Waals surface area contributed by atoms with E-state index in [0.29, 0.717) is 48.4 Å². The first-order valence-electron chi connectivity index (χ1n) is 14.3. The lowest BCUT2D eigenvalue weighted by Crippen LogP contribution is -2.60. The average Bonchev–Trinajstić information content (AvgIpc) is 3.49. The van der Waals surface area contributed by atoms with Crippen molar-refractivity contribution in [1.82, 2.24) is 0 Å². The second-order valence-corrected chi connectivity index (χ2v) is 13.1. The number of hydrogen-bond acceptors (Lipinski definition) is 5. The lowest BCUT2D eigenvalue weighted by molar-refractivity contribution is -0.242. The zero-order chi connectivity index (χ0) is 25.1. The van der Waals surface area contributed by atoms with Crippen molar-refractivity contribution in [2.45, 2.75) is 84.0 Å². The fourth-order valence-corrected chi connectivity index (χ4v) is 9.80. The minimum Gasteiger partial charge on any atom is -0.458 e. The van der Waals surface area contributed by atoms with Crippen LogP contribution in [-0.2, 0) is 19.0 Å². The number of rotatable bonds is 4. The highest BCUT2D eigenvalue weighted by atomic mass is 16.7. The summed E-state index contributed by atoms with van der Waals surface area (Å²) in [5, 5.41) is 0. The molecular formula is C31H42O5. The Bertz CT molecular complexity index is 986. The van der Waals surface area contributed by atoms with Gasteiger partial charge >= 0.3 is 5.97 Å². The van der Waals surface area contributed by atoms with E-state index in [0.717, 1.165) is 51.2 Å². The minimum atomic E-state index is -0.438. The first-order valence-corrected chi connectivity index (χ1v) is 14.3. The molecule has 1 aliphatic heterocycles. The molecule has 1 aromatic carbocycles. The van der Waals surface area contributed by atoms with Crippen molar-refractivity contribution in [2.24, 2.45) is 46.3 Å². The Morgan fingerprint density at radius 2 is 1.72 bits per heavy atom. The van der Waals surface area contributed by atoms with E-state index in [-0.39, 0.29) is 28.8 Å². The Morgan fingerprint density at radius 3 is 2.44 bits per heavy atom. The fourth-order valence-electron chi connectivity index (χ4n) is 9.80. The maximum Gasteiger partial charge on any atom is 0.338 e. The van der Waals surface area contributed by atoms with Gasteiger partial charge in [0.05, 0.1) is 18.8 Å². The summed E-state index contributed by atoms with van der Waals surface area (Å²) in [6.07, 6.45) is 9.47. The Balaban J connectivity index is 1.34. The summed E-state index contributed by atoms with van der Waals surface area (Å²) >= 11 is 0. The number of hydrogen-bond donors (Lipinski definition) is 0. The highest BCUT2D eigenvalue weighted by Crippen LogP contribution is 2.69. The summed E-state index contributed by atoms with van der Waals surface area (Å²) in [6.45, 7) is 8.41. The van der Waals surface area contributed by atoms with Gasteiger partial charge in [0, 0.05) is 24.7 Å². The van der Waals surface area contributed by atoms with Crippen LogP contribution in [0.1, 0.15) is 82.5 Å². The summed E-state index contributed by atoms with van der Waals surface area (Å²) in [5.74, 6) is 1.63. The minimum absolute atomic E-state index is 0.0833. The number of benzene rings is 1. The predicted molar refractivity (Wildman–Crippen MR) is 136 cm³/mol. The van der Waals surface area contributed by atoms with E-state index in [4.69, 9.17) is 14.2 Å². The number of aldehydes is 1. The summed E-state index contributed by atoms with van der Waals surface area (Å²) in [5.41, 5.74) is 0.967. The number of carbonyl (C=O) groups excluding carboxylic acids is 2. The van der Waals surface area contributed by atoms with Crippen LogP contribution in [0.15, 0.2) is 30.3 Å². The van der Waals surface area contributed by atoms with Gasteiger partial charge in [-0.15, -0.1) is 0 Å². The molecule has 0 aromatic heterocycles. The van der Waals surface area contributed by atoms with Crippen LogP contribution in [0.5, 0.6) is 0 Å². The van der Waals surface area contributed by atoms with Crippen LogP contribution in [0.4, 0.5) is 0 Å². The molecule has 36 heavy (non-hydrogen) atoms. The second kappa shape index (κ2) is 8.94. The third-order valence-corrected chi connectivity index (χ3v) is 11.7. The number of carbonyl (C=O) groups is 2. The molecular weight excluding hydrogens is 452 g/mol. The molecule has 5 aliphatic rings. The van der Waals surface area contributed by atoms with Gasteiger partial charge in [0.25, 0.3) is 0 Å². The first-order chi connectivity index (χ1) is 17.3. The van der Waals surface area contributed by atoms with Gasteiger partial charge in [0.2, 0.25) is 0 Å². The third kappa shape index (κ3) is 3.71. The van der Waals surface area contributed by atoms with Crippen LogP contribution in [-0.4, -0.2) is 37.4 Å². The molecule has 196 valence electrons. The zero-order valence-corrected chi connectivity index (χ0v) is 22.1. The fraction of sp³-hybridized carbons (Fsp3) is 0.742. The van der Waals surface area contributed by atoms with Gasteiger partial charge in [0.1, 0.15) is 12.4 Å². The zero-order valence-electron chi connectivity index (χ0n) is 22.1. The Kier molecular flexibility index (Phi) is 6.11. The Hall–Kier alpha value is -1.72. The van der Waals surface area contributed by atoms with Gasteiger partial charge in [-0.1, -0.05) is 39.0 Å². The van der Waals surface area contributed by atoms with E-state index in [1.54, 1.807) is 0 Å². The molecule has 4 aliphatic carbocycles. The number of ether oxygens (including phenoxy) is 3. The van der Waals surface area contributed by atoms with Gasteiger partial charge in [-0.25, -0.2) is 4.79 Å². The molecule has 5 heteroatoms. The van der Waals surface area contributed by atoms with Crippen molar-refractivity contribution in [1.29, 1.82) is 0 Å². The molecule has 1 saturated heterocycles. The smallest absolute Gasteiger partial charge is 0.338 e. The Labute approximate surface area is 215 Å². The molecule has 6 rings (SSSR count). The van der Waals surface area contributed by atoms with Crippen LogP contribution < -0.4 is 0 Å². The topological polar surface area (TPSA) is 61.8 Å². The van der Waals surface area contributed by atoms with Gasteiger partial charge in [0.15, 0.2) is 5.79 Å². The largest absolute Gasteiger partial charge is 0.458 e. The van der Waals surface area contributed by atoms with Crippen molar-refractivity contribution in [3.05, 3.63) is 35.9 Å². The van der Waals surface area contributed by atoms with Gasteiger partial charge < -0.3 is 19.0 Å². The Morgan fingerprint density at radius 1 is 1.00 bits per heavy atom. The van der Waals surface area contributed by atoms with E-state index < -0.39 is 5.79 Å². The first kappa shape index (κ1) is 24.6. The molecule has 5 fully saturated rings. The highest BCUT2D eigenvalue weighted by molar-refractivity contribution is 5.89. The lowest BCUT2D eigenvalue weighted by atomic mass is 9.43. The molecule has 9 atom stereocenters. The third-order valence-electron chi connectivity index (χ3n) is 11.7. The molecule has 4 unspecified atom stereocenters. The van der Waals surface area contributed by atoms with Crippen LogP contribution in [0.2, 0.25) is 0 Å². The van der Waals surface area contributed by atoms with Crippen molar-refractivity contribution in [3.8, 4) is 0 Å². The molecule has 0 amide bonds. The molecule has 1 aromatic rings. The van der Waals surface area contributed by atoms with Crippen molar-refractivity contribution in [3.63, 3.8) is 0 Å². The maximum absolute atomic E-state index is 13.3. The maximum atomic E-state index is 13.3. The van der Waals surface area contributed by atoms with E-state index in [1.807, 2.05) is 30.3 Å². The standard InChI is InChI=1S/C31H42O5/c1-20(19-32)23-9-10-24-27-25(11-12-30(23,24)3)29(2)13-14-31(34-15-16-35-31)18-22(29)17-26(27)36-28(33)21-7-5-4-6-8-21/h4-8,19-20,22-27H,9-18H2,1-3H3/t20?,22-,23+,24?,25?,26+,27?,29-,30+/m0/s1. The lowest BCUT2D eigenvalue weighted by Gasteiger charge is -2.63. The SMILES string of the molecule is CC(C=O)[C@H]1CCC2C3C(CC[C@@]21C)[C@@]1(C)CCC2(C[C@@H]1C[C@H]3OC(=O)c1ccccc1)OCCO2. The van der Waals surface area contributed by atoms with E-state index >= 15 is 0 Å². The van der Waals surface area contributed by atoms with Crippen molar-refractivity contribution >= 4 is 12.3 Å². The van der Waals surface area contributed by atoms with Gasteiger partial charge in [-0.05, 0) is 85.2 Å². The summed E-state index contributed by atoms with van der Waals surface area (Å²) in [7, 11) is 0. The number of esters is 1. The molecule has 1 spiro atoms. The van der Waals surface area contributed by atoms with E-state index in [1.165, 1.54) is 6.42 Å². The monoisotopic (exact) mass is 494 g/mol. The van der Waals surface area contributed by atoms with E-state index in [9.17, 15) is 9.59 Å². The summed E-state index contributed by atoms with van der Waals surface area (Å²) in [6, 6.07) is 9.44. The van der Waals surface area contributed by atoms with Crippen molar-refractivity contribution < 1.29 is 23.8 Å². The molecule has 0 bridgehead atoms. The second-order valence-electron chi connectivity index (χ2n) is 13.1. The molecule has 0 radical (unpaired) electrons. The average molecular weight is 495 g/mol. The molecule has 1 heterocycles. The van der Waals surface area contributed by atoms with Gasteiger partial charge in [-0.2, -0.15) is 0 Å². The van der Waals surface area contributed by atoms with Crippen molar-refractivity contribution in [2.75, 3.05) is 13.2 Å². The quantitative estimate of drug-likeness (QED) is 0.376. The van der Waals surface area contributed by atoms with Crippen LogP contribution >= 0.6 is 0 Å². The predicted octanol–water partition coefficient (Wildman–Crippen LogP) is 6.06. The molecule has 0 N–H and O–H groups in total.